The maximum Gasteiger partial charge on any atom is 0.269 e. The highest BCUT2D eigenvalue weighted by Crippen LogP contribution is 2.22. The van der Waals surface area contributed by atoms with Gasteiger partial charge in [-0.1, -0.05) is 12.1 Å². The lowest BCUT2D eigenvalue weighted by atomic mass is 10.0. The van der Waals surface area contributed by atoms with Gasteiger partial charge in [0, 0.05) is 31.9 Å². The van der Waals surface area contributed by atoms with Gasteiger partial charge in [0.1, 0.15) is 0 Å². The minimum atomic E-state index is -0.459. The van der Waals surface area contributed by atoms with E-state index in [1.165, 1.54) is 12.1 Å². The first-order chi connectivity index (χ1) is 10.5. The third-order valence-electron chi connectivity index (χ3n) is 3.23. The zero-order valence-electron chi connectivity index (χ0n) is 12.4. The van der Waals surface area contributed by atoms with Crippen LogP contribution in [0.5, 0.6) is 0 Å². The van der Waals surface area contributed by atoms with Crippen LogP contribution < -0.4 is 4.90 Å². The van der Waals surface area contributed by atoms with Crippen molar-refractivity contribution in [2.75, 3.05) is 19.0 Å². The molecule has 2 aromatic rings. The summed E-state index contributed by atoms with van der Waals surface area (Å²) in [6.07, 6.45) is 1.76. The largest absolute Gasteiger partial charge is 0.378 e. The molecule has 0 heterocycles. The van der Waals surface area contributed by atoms with Crippen molar-refractivity contribution in [1.29, 1.82) is 5.26 Å². The summed E-state index contributed by atoms with van der Waals surface area (Å²) in [5.74, 6) is 0. The zero-order chi connectivity index (χ0) is 16.1. The van der Waals surface area contributed by atoms with Crippen LogP contribution in [0.1, 0.15) is 11.1 Å². The molecule has 0 amide bonds. The summed E-state index contributed by atoms with van der Waals surface area (Å²) < 4.78 is 0. The molecule has 0 bridgehead atoms. The van der Waals surface area contributed by atoms with Gasteiger partial charge >= 0.3 is 0 Å². The fourth-order valence-electron chi connectivity index (χ4n) is 1.98. The Bertz CT molecular complexity index is 739. The molecule has 0 aromatic heterocycles. The smallest absolute Gasteiger partial charge is 0.269 e. The number of non-ortho nitro benzene ring substituents is 1. The number of nitro benzene ring substituents is 1. The van der Waals surface area contributed by atoms with E-state index in [0.717, 1.165) is 11.3 Å². The number of anilines is 1. The van der Waals surface area contributed by atoms with E-state index in [1.807, 2.05) is 43.3 Å². The predicted molar refractivity (Wildman–Crippen MR) is 87.3 cm³/mol. The van der Waals surface area contributed by atoms with Gasteiger partial charge in [-0.2, -0.15) is 5.26 Å². The standard InChI is InChI=1S/C17H15N3O2/c1-19(2)16-7-3-13(4-8-16)11-15(12-18)14-5-9-17(10-6-14)20(21)22/h3-11H,1-2H3/b15-11-. The Hall–Kier alpha value is -3.13. The Morgan fingerprint density at radius 1 is 1.14 bits per heavy atom. The van der Waals surface area contributed by atoms with Gasteiger partial charge in [-0.05, 0) is 41.5 Å². The van der Waals surface area contributed by atoms with E-state index in [0.29, 0.717) is 11.1 Å². The fourth-order valence-corrected chi connectivity index (χ4v) is 1.98. The van der Waals surface area contributed by atoms with Crippen molar-refractivity contribution in [2.24, 2.45) is 0 Å². The van der Waals surface area contributed by atoms with E-state index in [2.05, 4.69) is 6.07 Å². The lowest BCUT2D eigenvalue weighted by Crippen LogP contribution is -2.07. The Morgan fingerprint density at radius 3 is 2.18 bits per heavy atom. The highest BCUT2D eigenvalue weighted by Gasteiger charge is 2.07. The molecular weight excluding hydrogens is 278 g/mol. The third-order valence-corrected chi connectivity index (χ3v) is 3.23. The van der Waals surface area contributed by atoms with Gasteiger partial charge < -0.3 is 4.90 Å². The number of nitrogens with zero attached hydrogens (tertiary/aromatic N) is 3. The van der Waals surface area contributed by atoms with Crippen molar-refractivity contribution in [3.8, 4) is 6.07 Å². The van der Waals surface area contributed by atoms with Crippen LogP contribution in [0.3, 0.4) is 0 Å². The quantitative estimate of drug-likeness (QED) is 0.373. The molecule has 0 N–H and O–H groups in total. The van der Waals surface area contributed by atoms with Gasteiger partial charge in [0.2, 0.25) is 0 Å². The highest BCUT2D eigenvalue weighted by atomic mass is 16.6. The molecule has 0 radical (unpaired) electrons. The molecule has 0 fully saturated rings. The Labute approximate surface area is 128 Å². The first-order valence-corrected chi connectivity index (χ1v) is 6.65. The molecule has 0 aliphatic rings. The van der Waals surface area contributed by atoms with Crippen LogP contribution in [0.2, 0.25) is 0 Å². The van der Waals surface area contributed by atoms with E-state index >= 15 is 0 Å². The molecule has 0 aliphatic carbocycles. The molecule has 0 unspecified atom stereocenters. The number of nitriles is 1. The zero-order valence-corrected chi connectivity index (χ0v) is 12.4. The maximum atomic E-state index is 10.7. The van der Waals surface area contributed by atoms with Crippen LogP contribution in [0.15, 0.2) is 48.5 Å². The SMILES string of the molecule is CN(C)c1ccc(/C=C(/C#N)c2ccc([N+](=O)[O-])cc2)cc1. The summed E-state index contributed by atoms with van der Waals surface area (Å²) in [6, 6.07) is 15.9. The van der Waals surface area contributed by atoms with Crippen molar-refractivity contribution in [1.82, 2.24) is 0 Å². The van der Waals surface area contributed by atoms with E-state index in [-0.39, 0.29) is 5.69 Å². The Morgan fingerprint density at radius 2 is 1.73 bits per heavy atom. The summed E-state index contributed by atoms with van der Waals surface area (Å²) in [5.41, 5.74) is 3.11. The molecule has 0 aliphatic heterocycles. The number of allylic oxidation sites excluding steroid dienone is 1. The van der Waals surface area contributed by atoms with Gasteiger partial charge in [-0.3, -0.25) is 10.1 Å². The van der Waals surface area contributed by atoms with Crippen molar-refractivity contribution in [3.63, 3.8) is 0 Å². The van der Waals surface area contributed by atoms with Gasteiger partial charge in [0.15, 0.2) is 0 Å². The second kappa shape index (κ2) is 6.55. The van der Waals surface area contributed by atoms with Crippen molar-refractivity contribution in [2.45, 2.75) is 0 Å². The summed E-state index contributed by atoms with van der Waals surface area (Å²) in [6.45, 7) is 0. The molecule has 110 valence electrons. The van der Waals surface area contributed by atoms with Crippen LogP contribution >= 0.6 is 0 Å². The van der Waals surface area contributed by atoms with Crippen LogP contribution in [-0.4, -0.2) is 19.0 Å². The lowest BCUT2D eigenvalue weighted by Gasteiger charge is -2.11. The second-order valence-electron chi connectivity index (χ2n) is 4.96. The molecule has 5 heteroatoms. The summed E-state index contributed by atoms with van der Waals surface area (Å²) in [7, 11) is 3.92. The topological polar surface area (TPSA) is 70.2 Å². The number of nitro groups is 1. The van der Waals surface area contributed by atoms with Gasteiger partial charge in [0.05, 0.1) is 16.6 Å². The first kappa shape index (κ1) is 15.3. The normalized spacial score (nSPS) is 10.9. The molecule has 5 nitrogen and oxygen atoms in total. The van der Waals surface area contributed by atoms with Crippen LogP contribution in [0.25, 0.3) is 11.6 Å². The van der Waals surface area contributed by atoms with E-state index < -0.39 is 4.92 Å². The van der Waals surface area contributed by atoms with Crippen LogP contribution in [0, 0.1) is 21.4 Å². The van der Waals surface area contributed by atoms with Gasteiger partial charge in [0.25, 0.3) is 5.69 Å². The number of hydrogen-bond donors (Lipinski definition) is 0. The van der Waals surface area contributed by atoms with Crippen LogP contribution in [0.4, 0.5) is 11.4 Å². The summed E-state index contributed by atoms with van der Waals surface area (Å²) in [5, 5.41) is 20.0. The molecular formula is C17H15N3O2. The fraction of sp³-hybridized carbons (Fsp3) is 0.118. The second-order valence-corrected chi connectivity index (χ2v) is 4.96. The molecule has 2 rings (SSSR count). The Kier molecular flexibility index (Phi) is 4.54. The minimum Gasteiger partial charge on any atom is -0.378 e. The average Bonchev–Trinajstić information content (AvgIpc) is 2.53. The molecule has 0 atom stereocenters. The van der Waals surface area contributed by atoms with E-state index in [9.17, 15) is 15.4 Å². The number of rotatable bonds is 4. The molecule has 2 aromatic carbocycles. The van der Waals surface area contributed by atoms with Crippen molar-refractivity contribution in [3.05, 3.63) is 69.8 Å². The maximum absolute atomic E-state index is 10.7. The number of benzene rings is 2. The van der Waals surface area contributed by atoms with E-state index in [4.69, 9.17) is 0 Å². The first-order valence-electron chi connectivity index (χ1n) is 6.65. The highest BCUT2D eigenvalue weighted by molar-refractivity contribution is 5.89. The van der Waals surface area contributed by atoms with Crippen LogP contribution in [-0.2, 0) is 0 Å². The molecule has 0 spiro atoms. The van der Waals surface area contributed by atoms with Crippen molar-refractivity contribution >= 4 is 23.0 Å². The molecule has 0 saturated heterocycles. The summed E-state index contributed by atoms with van der Waals surface area (Å²) >= 11 is 0. The number of hydrogen-bond acceptors (Lipinski definition) is 4. The van der Waals surface area contributed by atoms with Gasteiger partial charge in [-0.25, -0.2) is 0 Å². The average molecular weight is 293 g/mol. The monoisotopic (exact) mass is 293 g/mol. The predicted octanol–water partition coefficient (Wildman–Crippen LogP) is 3.72. The summed E-state index contributed by atoms with van der Waals surface area (Å²) in [4.78, 5) is 12.2. The molecule has 22 heavy (non-hydrogen) atoms. The van der Waals surface area contributed by atoms with E-state index in [1.54, 1.807) is 18.2 Å². The molecule has 0 saturated carbocycles. The lowest BCUT2D eigenvalue weighted by molar-refractivity contribution is -0.384. The third kappa shape index (κ3) is 3.49. The van der Waals surface area contributed by atoms with Crippen molar-refractivity contribution < 1.29 is 4.92 Å². The Balaban J connectivity index is 2.31. The minimum absolute atomic E-state index is 0.0105. The van der Waals surface area contributed by atoms with Gasteiger partial charge in [-0.15, -0.1) is 0 Å².